The zero-order valence-corrected chi connectivity index (χ0v) is 18.5. The van der Waals surface area contributed by atoms with Gasteiger partial charge in [-0.15, -0.1) is 0 Å². The molecule has 0 spiro atoms. The molecule has 1 saturated heterocycles. The highest BCUT2D eigenvalue weighted by molar-refractivity contribution is 6.10. The van der Waals surface area contributed by atoms with Crippen molar-refractivity contribution in [3.63, 3.8) is 0 Å². The molecule has 1 saturated carbocycles. The molecule has 6 nitrogen and oxygen atoms in total. The summed E-state index contributed by atoms with van der Waals surface area (Å²) in [5.74, 6) is -0.732. The molecule has 2 aromatic rings. The third-order valence-electron chi connectivity index (χ3n) is 7.18. The number of hydrogen-bond acceptors (Lipinski definition) is 3. The molecule has 2 aromatic carbocycles. The number of rotatable bonds is 3. The number of hydrogen-bond donors (Lipinski definition) is 2. The first kappa shape index (κ1) is 21.6. The van der Waals surface area contributed by atoms with E-state index in [1.165, 1.54) is 12.5 Å². The average Bonchev–Trinajstić information content (AvgIpc) is 2.94. The lowest BCUT2D eigenvalue weighted by Crippen LogP contribution is -2.55. The van der Waals surface area contributed by atoms with Crippen LogP contribution in [0.15, 0.2) is 42.5 Å². The van der Waals surface area contributed by atoms with Gasteiger partial charge in [0.2, 0.25) is 11.8 Å². The molecular formula is C26H28FN3O3. The van der Waals surface area contributed by atoms with Crippen LogP contribution in [0.5, 0.6) is 0 Å². The highest BCUT2D eigenvalue weighted by atomic mass is 19.1. The van der Waals surface area contributed by atoms with Crippen molar-refractivity contribution in [3.05, 3.63) is 53.8 Å². The van der Waals surface area contributed by atoms with Crippen LogP contribution in [-0.4, -0.2) is 41.2 Å². The summed E-state index contributed by atoms with van der Waals surface area (Å²) in [5, 5.41) is 6.01. The second-order valence-electron chi connectivity index (χ2n) is 9.31. The van der Waals surface area contributed by atoms with Gasteiger partial charge in [-0.25, -0.2) is 4.39 Å². The normalized spacial score (nSPS) is 23.2. The minimum absolute atomic E-state index is 0.0578. The van der Waals surface area contributed by atoms with Crippen molar-refractivity contribution in [2.45, 2.75) is 57.0 Å². The summed E-state index contributed by atoms with van der Waals surface area (Å²) in [4.78, 5) is 40.7. The Morgan fingerprint density at radius 1 is 1.00 bits per heavy atom. The highest BCUT2D eigenvalue weighted by Crippen LogP contribution is 2.33. The predicted molar refractivity (Wildman–Crippen MR) is 123 cm³/mol. The van der Waals surface area contributed by atoms with E-state index in [0.29, 0.717) is 41.8 Å². The lowest BCUT2D eigenvalue weighted by Gasteiger charge is -2.38. The number of halogens is 1. The maximum absolute atomic E-state index is 14.3. The number of carbonyl (C=O) groups is 3. The largest absolute Gasteiger partial charge is 0.353 e. The van der Waals surface area contributed by atoms with Gasteiger partial charge in [0.25, 0.3) is 5.91 Å². The van der Waals surface area contributed by atoms with E-state index < -0.39 is 6.04 Å². The van der Waals surface area contributed by atoms with Crippen molar-refractivity contribution in [1.29, 1.82) is 0 Å². The highest BCUT2D eigenvalue weighted by Gasteiger charge is 2.40. The lowest BCUT2D eigenvalue weighted by atomic mass is 9.88. The Kier molecular flexibility index (Phi) is 5.87. The number of piperidine rings is 1. The van der Waals surface area contributed by atoms with E-state index in [2.05, 4.69) is 10.6 Å². The maximum Gasteiger partial charge on any atom is 0.256 e. The molecule has 1 aliphatic carbocycles. The van der Waals surface area contributed by atoms with Crippen LogP contribution in [0.2, 0.25) is 0 Å². The van der Waals surface area contributed by atoms with Gasteiger partial charge in [0.15, 0.2) is 0 Å². The summed E-state index contributed by atoms with van der Waals surface area (Å²) in [6, 6.07) is 10.7. The molecule has 7 heteroatoms. The first-order chi connectivity index (χ1) is 16.0. The molecular weight excluding hydrogens is 421 g/mol. The van der Waals surface area contributed by atoms with Gasteiger partial charge in [0.05, 0.1) is 11.3 Å². The van der Waals surface area contributed by atoms with Gasteiger partial charge in [-0.05, 0) is 49.4 Å². The molecule has 2 N–H and O–H groups in total. The van der Waals surface area contributed by atoms with E-state index in [4.69, 9.17) is 0 Å². The fraction of sp³-hybridized carbons (Fsp3) is 0.423. The van der Waals surface area contributed by atoms with E-state index >= 15 is 0 Å². The number of amides is 3. The van der Waals surface area contributed by atoms with Gasteiger partial charge in [0, 0.05) is 24.1 Å². The van der Waals surface area contributed by atoms with Crippen molar-refractivity contribution in [2.75, 3.05) is 11.9 Å². The minimum atomic E-state index is -0.646. The van der Waals surface area contributed by atoms with Crippen LogP contribution in [-0.2, 0) is 9.59 Å². The van der Waals surface area contributed by atoms with E-state index in [0.717, 1.165) is 25.7 Å². The molecule has 2 fully saturated rings. The molecule has 3 aliphatic rings. The fourth-order valence-electron chi connectivity index (χ4n) is 5.34. The zero-order chi connectivity index (χ0) is 22.9. The smallest absolute Gasteiger partial charge is 0.256 e. The van der Waals surface area contributed by atoms with Crippen LogP contribution >= 0.6 is 0 Å². The SMILES string of the molecule is O=C(N[C@H]1CCN2C(=O)c3cc(-c4ccccc4F)ccc3NC(=O)[C@@H]2C1)C1CCCCC1. The first-order valence-electron chi connectivity index (χ1n) is 11.8. The maximum atomic E-state index is 14.3. The van der Waals surface area contributed by atoms with Gasteiger partial charge in [-0.2, -0.15) is 0 Å². The molecule has 5 rings (SSSR count). The van der Waals surface area contributed by atoms with Crippen LogP contribution < -0.4 is 10.6 Å². The van der Waals surface area contributed by atoms with Crippen LogP contribution in [0, 0.1) is 11.7 Å². The Hall–Kier alpha value is -3.22. The predicted octanol–water partition coefficient (Wildman–Crippen LogP) is 4.11. The number of anilines is 1. The van der Waals surface area contributed by atoms with Crippen molar-refractivity contribution in [2.24, 2.45) is 5.92 Å². The number of fused-ring (bicyclic) bond motifs is 2. The lowest BCUT2D eigenvalue weighted by molar-refractivity contribution is -0.128. The monoisotopic (exact) mass is 449 g/mol. The van der Waals surface area contributed by atoms with Crippen LogP contribution in [0.25, 0.3) is 11.1 Å². The molecule has 0 aromatic heterocycles. The average molecular weight is 450 g/mol. The molecule has 0 radical (unpaired) electrons. The quantitative estimate of drug-likeness (QED) is 0.740. The molecule has 2 aliphatic heterocycles. The number of carbonyl (C=O) groups excluding carboxylic acids is 3. The van der Waals surface area contributed by atoms with Crippen LogP contribution in [0.4, 0.5) is 10.1 Å². The topological polar surface area (TPSA) is 78.5 Å². The molecule has 172 valence electrons. The Bertz CT molecular complexity index is 1100. The summed E-state index contributed by atoms with van der Waals surface area (Å²) < 4.78 is 14.3. The Labute approximate surface area is 192 Å². The van der Waals surface area contributed by atoms with E-state index in [1.54, 1.807) is 41.3 Å². The molecule has 3 amide bonds. The Morgan fingerprint density at radius 3 is 2.58 bits per heavy atom. The van der Waals surface area contributed by atoms with Crippen molar-refractivity contribution in [3.8, 4) is 11.1 Å². The Balaban J connectivity index is 1.35. The second kappa shape index (κ2) is 8.96. The summed E-state index contributed by atoms with van der Waals surface area (Å²) in [7, 11) is 0. The van der Waals surface area contributed by atoms with Crippen molar-refractivity contribution in [1.82, 2.24) is 10.2 Å². The van der Waals surface area contributed by atoms with Crippen LogP contribution in [0.1, 0.15) is 55.3 Å². The van der Waals surface area contributed by atoms with Gasteiger partial charge >= 0.3 is 0 Å². The van der Waals surface area contributed by atoms with E-state index in [9.17, 15) is 18.8 Å². The first-order valence-corrected chi connectivity index (χ1v) is 11.8. The molecule has 2 heterocycles. The van der Waals surface area contributed by atoms with Gasteiger partial charge < -0.3 is 15.5 Å². The fourth-order valence-corrected chi connectivity index (χ4v) is 5.34. The summed E-state index contributed by atoms with van der Waals surface area (Å²) in [6.07, 6.45) is 6.21. The molecule has 2 atom stereocenters. The van der Waals surface area contributed by atoms with Crippen molar-refractivity contribution < 1.29 is 18.8 Å². The van der Waals surface area contributed by atoms with Gasteiger partial charge in [-0.3, -0.25) is 14.4 Å². The summed E-state index contributed by atoms with van der Waals surface area (Å²) in [6.45, 7) is 0.385. The minimum Gasteiger partial charge on any atom is -0.353 e. The molecule has 33 heavy (non-hydrogen) atoms. The second-order valence-corrected chi connectivity index (χ2v) is 9.31. The van der Waals surface area contributed by atoms with E-state index in [1.807, 2.05) is 0 Å². The molecule has 0 unspecified atom stereocenters. The number of nitrogens with zero attached hydrogens (tertiary/aromatic N) is 1. The van der Waals surface area contributed by atoms with Gasteiger partial charge in [-0.1, -0.05) is 43.5 Å². The van der Waals surface area contributed by atoms with Gasteiger partial charge in [0.1, 0.15) is 11.9 Å². The standard InChI is InChI=1S/C26H28FN3O3/c27-21-9-5-4-8-19(21)17-10-11-22-20(14-17)26(33)30-13-12-18(15-23(30)25(32)29-22)28-24(31)16-6-2-1-3-7-16/h4-5,8-11,14,16,18,23H,1-3,6-7,12-13,15H2,(H,28,31)(H,29,32)/t18-,23-/m0/s1. The number of benzene rings is 2. The summed E-state index contributed by atoms with van der Waals surface area (Å²) in [5.41, 5.74) is 1.78. The Morgan fingerprint density at radius 2 is 1.79 bits per heavy atom. The van der Waals surface area contributed by atoms with Crippen LogP contribution in [0.3, 0.4) is 0 Å². The van der Waals surface area contributed by atoms with Crippen molar-refractivity contribution >= 4 is 23.4 Å². The third-order valence-corrected chi connectivity index (χ3v) is 7.18. The number of nitrogens with one attached hydrogen (secondary N) is 2. The molecule has 0 bridgehead atoms. The zero-order valence-electron chi connectivity index (χ0n) is 18.5. The third kappa shape index (κ3) is 4.24. The summed E-state index contributed by atoms with van der Waals surface area (Å²) >= 11 is 0. The van der Waals surface area contributed by atoms with E-state index in [-0.39, 0.29) is 35.5 Å².